The van der Waals surface area contributed by atoms with E-state index in [9.17, 15) is 4.79 Å². The zero-order chi connectivity index (χ0) is 9.14. The summed E-state index contributed by atoms with van der Waals surface area (Å²) in [6.07, 6.45) is 0.818. The van der Waals surface area contributed by atoms with E-state index in [0.717, 1.165) is 17.8 Å². The molecule has 0 unspecified atom stereocenters. The number of aryl methyl sites for hydroxylation is 2. The van der Waals surface area contributed by atoms with Gasteiger partial charge in [-0.05, 0) is 37.1 Å². The molecule has 0 aliphatic carbocycles. The normalized spacial score (nSPS) is 9.92. The fourth-order valence-corrected chi connectivity index (χ4v) is 1.14. The standard InChI is InChI=1S/C9H10ClNO/c1-3-8-5-7(9(10)12)4-6(2)11-8/h4-5H,3H2,1-2H3. The highest BCUT2D eigenvalue weighted by Gasteiger charge is 2.03. The molecule has 0 bridgehead atoms. The largest absolute Gasteiger partial charge is 0.276 e. The van der Waals surface area contributed by atoms with Crippen LogP contribution in [-0.4, -0.2) is 10.2 Å². The minimum absolute atomic E-state index is 0.421. The van der Waals surface area contributed by atoms with Gasteiger partial charge in [0, 0.05) is 17.0 Å². The van der Waals surface area contributed by atoms with E-state index < -0.39 is 5.24 Å². The van der Waals surface area contributed by atoms with Gasteiger partial charge in [-0.1, -0.05) is 6.92 Å². The van der Waals surface area contributed by atoms with Gasteiger partial charge in [0.05, 0.1) is 0 Å². The molecule has 1 aromatic rings. The first kappa shape index (κ1) is 9.20. The Labute approximate surface area is 76.6 Å². The number of carbonyl (C=O) groups excluding carboxylic acids is 1. The minimum Gasteiger partial charge on any atom is -0.276 e. The molecule has 0 saturated heterocycles. The molecule has 0 spiro atoms. The van der Waals surface area contributed by atoms with E-state index >= 15 is 0 Å². The molecule has 0 aromatic carbocycles. The predicted octanol–water partition coefficient (Wildman–Crippen LogP) is 2.33. The maximum absolute atomic E-state index is 10.8. The van der Waals surface area contributed by atoms with Crippen LogP contribution >= 0.6 is 11.6 Å². The van der Waals surface area contributed by atoms with Gasteiger partial charge < -0.3 is 0 Å². The lowest BCUT2D eigenvalue weighted by atomic mass is 10.2. The van der Waals surface area contributed by atoms with E-state index in [4.69, 9.17) is 11.6 Å². The van der Waals surface area contributed by atoms with E-state index in [1.807, 2.05) is 13.8 Å². The SMILES string of the molecule is CCc1cc(C(=O)Cl)cc(C)n1. The highest BCUT2D eigenvalue weighted by molar-refractivity contribution is 6.67. The molecule has 0 saturated carbocycles. The van der Waals surface area contributed by atoms with Gasteiger partial charge >= 0.3 is 0 Å². The Morgan fingerprint density at radius 3 is 2.75 bits per heavy atom. The Morgan fingerprint density at radius 1 is 1.58 bits per heavy atom. The molecule has 0 N–H and O–H groups in total. The summed E-state index contributed by atoms with van der Waals surface area (Å²) in [7, 11) is 0. The van der Waals surface area contributed by atoms with Crippen molar-refractivity contribution in [2.45, 2.75) is 20.3 Å². The smallest absolute Gasteiger partial charge is 0.252 e. The first-order chi connectivity index (χ1) is 5.63. The Balaban J connectivity index is 3.15. The molecule has 0 amide bonds. The van der Waals surface area contributed by atoms with Crippen LogP contribution in [0.25, 0.3) is 0 Å². The van der Waals surface area contributed by atoms with Gasteiger partial charge in [0.1, 0.15) is 0 Å². The van der Waals surface area contributed by atoms with Crippen molar-refractivity contribution < 1.29 is 4.79 Å². The molecular formula is C9H10ClNO. The Bertz CT molecular complexity index is 309. The lowest BCUT2D eigenvalue weighted by Gasteiger charge is -2.00. The van der Waals surface area contributed by atoms with Gasteiger partial charge in [-0.3, -0.25) is 9.78 Å². The van der Waals surface area contributed by atoms with Crippen LogP contribution in [0.5, 0.6) is 0 Å². The quantitative estimate of drug-likeness (QED) is 0.659. The topological polar surface area (TPSA) is 30.0 Å². The Hall–Kier alpha value is -0.890. The van der Waals surface area contributed by atoms with Crippen LogP contribution in [0.2, 0.25) is 0 Å². The second kappa shape index (κ2) is 3.68. The van der Waals surface area contributed by atoms with Gasteiger partial charge in [-0.25, -0.2) is 0 Å². The van der Waals surface area contributed by atoms with E-state index in [0.29, 0.717) is 5.56 Å². The Kier molecular flexibility index (Phi) is 2.82. The van der Waals surface area contributed by atoms with Crippen LogP contribution in [0, 0.1) is 6.92 Å². The van der Waals surface area contributed by atoms with Crippen molar-refractivity contribution in [2.75, 3.05) is 0 Å². The van der Waals surface area contributed by atoms with Crippen LogP contribution in [0.3, 0.4) is 0 Å². The molecule has 1 rings (SSSR count). The minimum atomic E-state index is -0.421. The molecule has 1 heterocycles. The summed E-state index contributed by atoms with van der Waals surface area (Å²) in [5.41, 5.74) is 2.26. The molecule has 0 fully saturated rings. The van der Waals surface area contributed by atoms with Crippen molar-refractivity contribution in [3.8, 4) is 0 Å². The molecule has 64 valence electrons. The van der Waals surface area contributed by atoms with Crippen molar-refractivity contribution in [1.82, 2.24) is 4.98 Å². The lowest BCUT2D eigenvalue weighted by molar-refractivity contribution is 0.108. The first-order valence-electron chi connectivity index (χ1n) is 3.81. The average Bonchev–Trinajstić information content (AvgIpc) is 2.03. The summed E-state index contributed by atoms with van der Waals surface area (Å²) in [4.78, 5) is 15.0. The van der Waals surface area contributed by atoms with Crippen molar-refractivity contribution in [1.29, 1.82) is 0 Å². The molecule has 0 aliphatic heterocycles. The van der Waals surface area contributed by atoms with Gasteiger partial charge in [0.2, 0.25) is 0 Å². The number of halogens is 1. The van der Waals surface area contributed by atoms with Crippen LogP contribution in [0.15, 0.2) is 12.1 Å². The fraction of sp³-hybridized carbons (Fsp3) is 0.333. The summed E-state index contributed by atoms with van der Waals surface area (Å²) in [6.45, 7) is 3.84. The summed E-state index contributed by atoms with van der Waals surface area (Å²) >= 11 is 5.34. The number of rotatable bonds is 2. The summed E-state index contributed by atoms with van der Waals surface area (Å²) in [5, 5.41) is -0.421. The van der Waals surface area contributed by atoms with E-state index in [1.54, 1.807) is 12.1 Å². The zero-order valence-corrected chi connectivity index (χ0v) is 7.85. The fourth-order valence-electron chi connectivity index (χ4n) is 1.03. The number of hydrogen-bond donors (Lipinski definition) is 0. The molecule has 0 atom stereocenters. The van der Waals surface area contributed by atoms with Crippen molar-refractivity contribution >= 4 is 16.8 Å². The van der Waals surface area contributed by atoms with E-state index in [1.165, 1.54) is 0 Å². The monoisotopic (exact) mass is 183 g/mol. The summed E-state index contributed by atoms with van der Waals surface area (Å²) in [6, 6.07) is 3.41. The number of nitrogens with zero attached hydrogens (tertiary/aromatic N) is 1. The molecular weight excluding hydrogens is 174 g/mol. The molecule has 3 heteroatoms. The summed E-state index contributed by atoms with van der Waals surface area (Å²) in [5.74, 6) is 0. The zero-order valence-electron chi connectivity index (χ0n) is 7.10. The van der Waals surface area contributed by atoms with Crippen LogP contribution in [-0.2, 0) is 6.42 Å². The maximum atomic E-state index is 10.8. The van der Waals surface area contributed by atoms with Gasteiger partial charge in [0.15, 0.2) is 0 Å². The first-order valence-corrected chi connectivity index (χ1v) is 4.18. The third-order valence-electron chi connectivity index (χ3n) is 1.60. The second-order valence-corrected chi connectivity index (χ2v) is 2.96. The number of carbonyl (C=O) groups is 1. The van der Waals surface area contributed by atoms with Crippen LogP contribution < -0.4 is 0 Å². The average molecular weight is 184 g/mol. The van der Waals surface area contributed by atoms with Crippen molar-refractivity contribution in [2.24, 2.45) is 0 Å². The van der Waals surface area contributed by atoms with Gasteiger partial charge in [-0.2, -0.15) is 0 Å². The van der Waals surface area contributed by atoms with E-state index in [2.05, 4.69) is 4.98 Å². The van der Waals surface area contributed by atoms with Crippen LogP contribution in [0.1, 0.15) is 28.7 Å². The van der Waals surface area contributed by atoms with Crippen molar-refractivity contribution in [3.05, 3.63) is 29.1 Å². The number of hydrogen-bond acceptors (Lipinski definition) is 2. The lowest BCUT2D eigenvalue weighted by Crippen LogP contribution is -1.96. The third kappa shape index (κ3) is 2.05. The Morgan fingerprint density at radius 2 is 2.25 bits per heavy atom. The van der Waals surface area contributed by atoms with Crippen LogP contribution in [0.4, 0.5) is 0 Å². The molecule has 2 nitrogen and oxygen atoms in total. The number of pyridine rings is 1. The van der Waals surface area contributed by atoms with E-state index in [-0.39, 0.29) is 0 Å². The number of aromatic nitrogens is 1. The highest BCUT2D eigenvalue weighted by Crippen LogP contribution is 2.08. The molecule has 1 aromatic heterocycles. The van der Waals surface area contributed by atoms with Crippen molar-refractivity contribution in [3.63, 3.8) is 0 Å². The third-order valence-corrected chi connectivity index (χ3v) is 1.81. The van der Waals surface area contributed by atoms with Gasteiger partial charge in [0.25, 0.3) is 5.24 Å². The van der Waals surface area contributed by atoms with Gasteiger partial charge in [-0.15, -0.1) is 0 Å². The summed E-state index contributed by atoms with van der Waals surface area (Å²) < 4.78 is 0. The molecule has 12 heavy (non-hydrogen) atoms. The predicted molar refractivity (Wildman–Crippen MR) is 48.5 cm³/mol. The second-order valence-electron chi connectivity index (χ2n) is 2.62. The molecule has 0 radical (unpaired) electrons. The molecule has 0 aliphatic rings. The highest BCUT2D eigenvalue weighted by atomic mass is 35.5. The maximum Gasteiger partial charge on any atom is 0.252 e.